The van der Waals surface area contributed by atoms with Gasteiger partial charge in [0.2, 0.25) is 0 Å². The van der Waals surface area contributed by atoms with E-state index in [1.165, 1.54) is 24.1 Å². The Bertz CT molecular complexity index is 691. The Morgan fingerprint density at radius 2 is 2.00 bits per heavy atom. The fourth-order valence-electron chi connectivity index (χ4n) is 3.08. The van der Waals surface area contributed by atoms with Gasteiger partial charge in [0.05, 0.1) is 0 Å². The van der Waals surface area contributed by atoms with Crippen LogP contribution in [-0.2, 0) is 6.42 Å². The molecule has 2 aliphatic rings. The van der Waals surface area contributed by atoms with Crippen LogP contribution in [0.3, 0.4) is 0 Å². The summed E-state index contributed by atoms with van der Waals surface area (Å²) in [6.45, 7) is 3.02. The number of fused-ring (bicyclic) bond motifs is 1. The van der Waals surface area contributed by atoms with Gasteiger partial charge in [0, 0.05) is 23.7 Å². The number of para-hydroxylation sites is 1. The minimum absolute atomic E-state index is 0.520. The standard InChI is InChI=1S/C17H20N4/c1-11-15(18)19-16(13-8-9-13)20-17(11)21-10-4-6-12-5-2-3-7-14(12)21/h2-3,5,7,13H,4,6,8-10H2,1H3,(H2,18,19,20). The number of hydrogen-bond donors (Lipinski definition) is 1. The van der Waals surface area contributed by atoms with Gasteiger partial charge in [-0.1, -0.05) is 18.2 Å². The van der Waals surface area contributed by atoms with Crippen molar-refractivity contribution < 1.29 is 0 Å². The summed E-state index contributed by atoms with van der Waals surface area (Å²) in [5, 5.41) is 0. The van der Waals surface area contributed by atoms with Crippen LogP contribution in [0.2, 0.25) is 0 Å². The molecule has 1 aliphatic heterocycles. The lowest BCUT2D eigenvalue weighted by Gasteiger charge is -2.31. The van der Waals surface area contributed by atoms with Crippen LogP contribution >= 0.6 is 0 Å². The third-order valence-electron chi connectivity index (χ3n) is 4.48. The average Bonchev–Trinajstić information content (AvgIpc) is 3.34. The molecular formula is C17H20N4. The number of benzene rings is 1. The first-order chi connectivity index (χ1) is 10.2. The van der Waals surface area contributed by atoms with Gasteiger partial charge in [0.15, 0.2) is 0 Å². The fraction of sp³-hybridized carbons (Fsp3) is 0.412. The first-order valence-electron chi connectivity index (χ1n) is 7.73. The van der Waals surface area contributed by atoms with Crippen molar-refractivity contribution in [2.24, 2.45) is 0 Å². The van der Waals surface area contributed by atoms with E-state index in [4.69, 9.17) is 10.7 Å². The Hall–Kier alpha value is -2.10. The number of aryl methyl sites for hydroxylation is 1. The largest absolute Gasteiger partial charge is 0.383 e. The average molecular weight is 280 g/mol. The molecule has 1 aliphatic carbocycles. The molecule has 0 spiro atoms. The highest BCUT2D eigenvalue weighted by Crippen LogP contribution is 2.41. The summed E-state index contributed by atoms with van der Waals surface area (Å²) >= 11 is 0. The molecule has 108 valence electrons. The van der Waals surface area contributed by atoms with Gasteiger partial charge in [-0.3, -0.25) is 0 Å². The zero-order valence-electron chi connectivity index (χ0n) is 12.3. The van der Waals surface area contributed by atoms with Crippen molar-refractivity contribution in [3.05, 3.63) is 41.2 Å². The zero-order valence-corrected chi connectivity index (χ0v) is 12.3. The van der Waals surface area contributed by atoms with Crippen LogP contribution in [0.4, 0.5) is 17.3 Å². The van der Waals surface area contributed by atoms with Crippen LogP contribution in [0.15, 0.2) is 24.3 Å². The molecule has 0 amide bonds. The molecule has 2 aromatic rings. The van der Waals surface area contributed by atoms with Gasteiger partial charge >= 0.3 is 0 Å². The molecule has 0 saturated heterocycles. The minimum atomic E-state index is 0.520. The Kier molecular flexibility index (Phi) is 2.84. The maximum Gasteiger partial charge on any atom is 0.141 e. The zero-order chi connectivity index (χ0) is 14.4. The summed E-state index contributed by atoms with van der Waals surface area (Å²) in [7, 11) is 0. The number of hydrogen-bond acceptors (Lipinski definition) is 4. The lowest BCUT2D eigenvalue weighted by Crippen LogP contribution is -2.27. The number of anilines is 3. The molecular weight excluding hydrogens is 260 g/mol. The van der Waals surface area contributed by atoms with Crippen LogP contribution in [0.5, 0.6) is 0 Å². The quantitative estimate of drug-likeness (QED) is 0.916. The van der Waals surface area contributed by atoms with Crippen LogP contribution in [0.1, 0.15) is 42.1 Å². The molecule has 2 N–H and O–H groups in total. The number of nitrogens with zero attached hydrogens (tertiary/aromatic N) is 3. The Morgan fingerprint density at radius 1 is 1.19 bits per heavy atom. The van der Waals surface area contributed by atoms with Crippen molar-refractivity contribution >= 4 is 17.3 Å². The first-order valence-corrected chi connectivity index (χ1v) is 7.73. The number of aromatic nitrogens is 2. The minimum Gasteiger partial charge on any atom is -0.383 e. The molecule has 1 aromatic heterocycles. The second-order valence-corrected chi connectivity index (χ2v) is 6.07. The second-order valence-electron chi connectivity index (χ2n) is 6.07. The molecule has 1 saturated carbocycles. The molecule has 0 bridgehead atoms. The number of nitrogens with two attached hydrogens (primary N) is 1. The molecule has 21 heavy (non-hydrogen) atoms. The fourth-order valence-corrected chi connectivity index (χ4v) is 3.08. The normalized spacial score (nSPS) is 17.7. The van der Waals surface area contributed by atoms with E-state index in [0.29, 0.717) is 11.7 Å². The summed E-state index contributed by atoms with van der Waals surface area (Å²) in [6, 6.07) is 8.60. The van der Waals surface area contributed by atoms with Gasteiger partial charge in [0.1, 0.15) is 17.5 Å². The van der Waals surface area contributed by atoms with Gasteiger partial charge in [-0.05, 0) is 44.2 Å². The summed E-state index contributed by atoms with van der Waals surface area (Å²) < 4.78 is 0. The van der Waals surface area contributed by atoms with E-state index < -0.39 is 0 Å². The predicted molar refractivity (Wildman–Crippen MR) is 84.9 cm³/mol. The molecule has 4 nitrogen and oxygen atoms in total. The summed E-state index contributed by atoms with van der Waals surface area (Å²) in [5.41, 5.74) is 9.80. The van der Waals surface area contributed by atoms with Gasteiger partial charge in [-0.2, -0.15) is 0 Å². The second kappa shape index (κ2) is 4.72. The summed E-state index contributed by atoms with van der Waals surface area (Å²) in [5.74, 6) is 3.07. The van der Waals surface area contributed by atoms with E-state index in [0.717, 1.165) is 36.6 Å². The van der Waals surface area contributed by atoms with E-state index in [1.807, 2.05) is 6.92 Å². The highest BCUT2D eigenvalue weighted by Gasteiger charge is 2.29. The molecule has 0 atom stereocenters. The van der Waals surface area contributed by atoms with Crippen LogP contribution in [-0.4, -0.2) is 16.5 Å². The lowest BCUT2D eigenvalue weighted by atomic mass is 10.0. The van der Waals surface area contributed by atoms with E-state index in [9.17, 15) is 0 Å². The van der Waals surface area contributed by atoms with Crippen molar-refractivity contribution in [2.45, 2.75) is 38.5 Å². The van der Waals surface area contributed by atoms with Crippen molar-refractivity contribution in [2.75, 3.05) is 17.2 Å². The molecule has 0 unspecified atom stereocenters. The highest BCUT2D eigenvalue weighted by atomic mass is 15.2. The van der Waals surface area contributed by atoms with E-state index in [-0.39, 0.29) is 0 Å². The predicted octanol–water partition coefficient (Wildman–Crippen LogP) is 3.33. The smallest absolute Gasteiger partial charge is 0.141 e. The molecule has 4 rings (SSSR count). The van der Waals surface area contributed by atoms with E-state index in [2.05, 4.69) is 34.1 Å². The van der Waals surface area contributed by atoms with E-state index >= 15 is 0 Å². The maximum absolute atomic E-state index is 6.14. The van der Waals surface area contributed by atoms with Gasteiger partial charge < -0.3 is 10.6 Å². The maximum atomic E-state index is 6.14. The number of rotatable bonds is 2. The Balaban J connectivity index is 1.83. The Labute approximate surface area is 125 Å². The molecule has 0 radical (unpaired) electrons. The van der Waals surface area contributed by atoms with Crippen molar-refractivity contribution in [3.8, 4) is 0 Å². The highest BCUT2D eigenvalue weighted by molar-refractivity contribution is 5.70. The third kappa shape index (κ3) is 2.15. The third-order valence-corrected chi connectivity index (χ3v) is 4.48. The van der Waals surface area contributed by atoms with Gasteiger partial charge in [0.25, 0.3) is 0 Å². The molecule has 1 aromatic carbocycles. The van der Waals surface area contributed by atoms with Crippen molar-refractivity contribution in [3.63, 3.8) is 0 Å². The first kappa shape index (κ1) is 12.6. The van der Waals surface area contributed by atoms with Crippen LogP contribution < -0.4 is 10.6 Å². The topological polar surface area (TPSA) is 55.0 Å². The molecule has 4 heteroatoms. The summed E-state index contributed by atoms with van der Waals surface area (Å²) in [4.78, 5) is 11.7. The Morgan fingerprint density at radius 3 is 2.81 bits per heavy atom. The molecule has 2 heterocycles. The molecule has 1 fully saturated rings. The number of nitrogen functional groups attached to an aromatic ring is 1. The van der Waals surface area contributed by atoms with Crippen molar-refractivity contribution in [1.82, 2.24) is 9.97 Å². The van der Waals surface area contributed by atoms with Crippen LogP contribution in [0.25, 0.3) is 0 Å². The van der Waals surface area contributed by atoms with Crippen LogP contribution in [0, 0.1) is 6.92 Å². The van der Waals surface area contributed by atoms with Crippen molar-refractivity contribution in [1.29, 1.82) is 0 Å². The summed E-state index contributed by atoms with van der Waals surface area (Å²) in [6.07, 6.45) is 4.68. The SMILES string of the molecule is Cc1c(N)nc(C2CC2)nc1N1CCCc2ccccc21. The van der Waals surface area contributed by atoms with Gasteiger partial charge in [-0.15, -0.1) is 0 Å². The monoisotopic (exact) mass is 280 g/mol. The van der Waals surface area contributed by atoms with Gasteiger partial charge in [-0.25, -0.2) is 9.97 Å². The lowest BCUT2D eigenvalue weighted by molar-refractivity contribution is 0.751. The van der Waals surface area contributed by atoms with E-state index in [1.54, 1.807) is 0 Å².